The molecule has 0 aromatic heterocycles. The highest BCUT2D eigenvalue weighted by atomic mass is 16.5. The van der Waals surface area contributed by atoms with Gasteiger partial charge in [-0.25, -0.2) is 0 Å². The molecule has 0 bridgehead atoms. The number of rotatable bonds is 4. The molecule has 0 aromatic carbocycles. The van der Waals surface area contributed by atoms with Gasteiger partial charge >= 0.3 is 17.9 Å². The fourth-order valence-corrected chi connectivity index (χ4v) is 6.27. The fraction of sp³-hybridized carbons (Fsp3) is 0.824. The summed E-state index contributed by atoms with van der Waals surface area (Å²) >= 11 is 0. The second kappa shape index (κ2) is 5.67. The zero-order chi connectivity index (χ0) is 18.7. The summed E-state index contributed by atoms with van der Waals surface area (Å²) in [6.45, 7) is 1.70. The lowest BCUT2D eigenvalue weighted by Gasteiger charge is -2.56. The minimum atomic E-state index is -2.06. The highest BCUT2D eigenvalue weighted by Gasteiger charge is 2.74. The van der Waals surface area contributed by atoms with Crippen molar-refractivity contribution in [3.63, 3.8) is 0 Å². The van der Waals surface area contributed by atoms with Crippen LogP contribution >= 0.6 is 0 Å². The van der Waals surface area contributed by atoms with Gasteiger partial charge in [0.25, 0.3) is 0 Å². The van der Waals surface area contributed by atoms with Crippen LogP contribution in [0.2, 0.25) is 0 Å². The predicted molar refractivity (Wildman–Crippen MR) is 82.7 cm³/mol. The molecule has 8 nitrogen and oxygen atoms in total. The smallest absolute Gasteiger partial charge is 0.321 e. The lowest BCUT2D eigenvalue weighted by atomic mass is 9.49. The molecule has 0 radical (unpaired) electrons. The summed E-state index contributed by atoms with van der Waals surface area (Å²) in [5.41, 5.74) is -3.33. The SMILES string of the molecule is CO[C@H]1[C@H](O)[C@H]2CC(C(=O)O)(C(=O)O)[C@H]3CCC[C@](C(=O)O)([C@@H]23)[C@@H]1C. The first-order chi connectivity index (χ1) is 11.7. The zero-order valence-corrected chi connectivity index (χ0v) is 14.2. The topological polar surface area (TPSA) is 141 Å². The quantitative estimate of drug-likeness (QED) is 0.539. The lowest BCUT2D eigenvalue weighted by molar-refractivity contribution is -0.206. The van der Waals surface area contributed by atoms with Crippen LogP contribution in [0.4, 0.5) is 0 Å². The number of carboxylic acid groups (broad SMARTS) is 3. The maximum absolute atomic E-state index is 12.3. The first-order valence-corrected chi connectivity index (χ1v) is 8.57. The molecule has 0 heterocycles. The maximum Gasteiger partial charge on any atom is 0.321 e. The van der Waals surface area contributed by atoms with Crippen LogP contribution in [0.1, 0.15) is 32.6 Å². The van der Waals surface area contributed by atoms with Crippen molar-refractivity contribution in [3.8, 4) is 0 Å². The molecule has 3 rings (SSSR count). The van der Waals surface area contributed by atoms with Gasteiger partial charge in [-0.05, 0) is 37.0 Å². The number of hydrogen-bond acceptors (Lipinski definition) is 5. The van der Waals surface area contributed by atoms with E-state index in [-0.39, 0.29) is 6.42 Å². The average molecular weight is 356 g/mol. The van der Waals surface area contributed by atoms with Crippen LogP contribution in [-0.2, 0) is 19.1 Å². The summed E-state index contributed by atoms with van der Waals surface area (Å²) < 4.78 is 5.37. The summed E-state index contributed by atoms with van der Waals surface area (Å²) in [5.74, 6) is -6.74. The summed E-state index contributed by atoms with van der Waals surface area (Å²) in [5, 5.41) is 40.3. The van der Waals surface area contributed by atoms with Gasteiger partial charge in [0, 0.05) is 13.0 Å². The minimum absolute atomic E-state index is 0.268. The largest absolute Gasteiger partial charge is 0.481 e. The van der Waals surface area contributed by atoms with Crippen molar-refractivity contribution in [1.82, 2.24) is 0 Å². The number of aliphatic hydroxyl groups is 1. The van der Waals surface area contributed by atoms with Gasteiger partial charge in [-0.1, -0.05) is 13.3 Å². The van der Waals surface area contributed by atoms with Crippen LogP contribution in [0.3, 0.4) is 0 Å². The normalized spacial score (nSPS) is 44.8. The molecule has 0 saturated heterocycles. The van der Waals surface area contributed by atoms with Crippen LogP contribution in [0, 0.1) is 34.5 Å². The average Bonchev–Trinajstić information content (AvgIpc) is 2.91. The number of carbonyl (C=O) groups is 3. The van der Waals surface area contributed by atoms with Crippen LogP contribution < -0.4 is 0 Å². The molecule has 3 aliphatic rings. The Labute approximate surface area is 144 Å². The van der Waals surface area contributed by atoms with Gasteiger partial charge in [-0.2, -0.15) is 0 Å². The van der Waals surface area contributed by atoms with Crippen LogP contribution in [0.15, 0.2) is 0 Å². The first-order valence-electron chi connectivity index (χ1n) is 8.57. The third-order valence-electron chi connectivity index (χ3n) is 7.30. The van der Waals surface area contributed by atoms with Gasteiger partial charge in [-0.15, -0.1) is 0 Å². The van der Waals surface area contributed by atoms with Crippen molar-refractivity contribution in [2.45, 2.75) is 44.8 Å². The van der Waals surface area contributed by atoms with E-state index in [1.54, 1.807) is 6.92 Å². The first kappa shape index (κ1) is 18.1. The molecule has 140 valence electrons. The number of hydrogen-bond donors (Lipinski definition) is 4. The van der Waals surface area contributed by atoms with E-state index < -0.39 is 64.6 Å². The van der Waals surface area contributed by atoms with Gasteiger partial charge in [0.2, 0.25) is 0 Å². The van der Waals surface area contributed by atoms with E-state index >= 15 is 0 Å². The fourth-order valence-electron chi connectivity index (χ4n) is 6.27. The van der Waals surface area contributed by atoms with E-state index in [9.17, 15) is 34.8 Å². The molecule has 7 atom stereocenters. The highest BCUT2D eigenvalue weighted by Crippen LogP contribution is 2.68. The number of aliphatic carboxylic acids is 3. The Balaban J connectivity index is 2.22. The summed E-state index contributed by atoms with van der Waals surface area (Å²) in [6.07, 6.45) is -1.00. The number of ether oxygens (including phenoxy) is 1. The molecule has 25 heavy (non-hydrogen) atoms. The maximum atomic E-state index is 12.3. The van der Waals surface area contributed by atoms with Crippen LogP contribution in [0.25, 0.3) is 0 Å². The molecule has 3 saturated carbocycles. The lowest BCUT2D eigenvalue weighted by Crippen LogP contribution is -2.62. The second-order valence-corrected chi connectivity index (χ2v) is 7.80. The summed E-state index contributed by atoms with van der Waals surface area (Å²) in [7, 11) is 1.39. The van der Waals surface area contributed by atoms with Crippen LogP contribution in [0.5, 0.6) is 0 Å². The molecule has 4 N–H and O–H groups in total. The molecule has 0 amide bonds. The standard InChI is InChI=1S/C17H24O8/c1-7-12(25-2)11(18)8-6-17(14(21)22,15(23)24)9-4-3-5-16(7,10(8)9)13(19)20/h7-12,18H,3-6H2,1-2H3,(H,19,20)(H,21,22)(H,23,24)/t7-,8+,9+,10+,11-,12-,16-/m1/s1. The van der Waals surface area contributed by atoms with E-state index in [2.05, 4.69) is 0 Å². The van der Waals surface area contributed by atoms with Gasteiger partial charge in [0.1, 0.15) is 0 Å². The van der Waals surface area contributed by atoms with E-state index in [1.807, 2.05) is 0 Å². The number of methoxy groups -OCH3 is 1. The highest BCUT2D eigenvalue weighted by molar-refractivity contribution is 5.99. The van der Waals surface area contributed by atoms with E-state index in [0.29, 0.717) is 19.3 Å². The number of carboxylic acids is 3. The third kappa shape index (κ3) is 1.98. The summed E-state index contributed by atoms with van der Waals surface area (Å²) in [4.78, 5) is 36.3. The Morgan fingerprint density at radius 1 is 1.08 bits per heavy atom. The molecular formula is C17H24O8. The molecular weight excluding hydrogens is 332 g/mol. The molecule has 8 heteroatoms. The minimum Gasteiger partial charge on any atom is -0.481 e. The van der Waals surface area contributed by atoms with Crippen molar-refractivity contribution in [3.05, 3.63) is 0 Å². The molecule has 3 fully saturated rings. The molecule has 0 spiro atoms. The van der Waals surface area contributed by atoms with Gasteiger partial charge in [-0.3, -0.25) is 14.4 Å². The Hall–Kier alpha value is -1.67. The van der Waals surface area contributed by atoms with E-state index in [4.69, 9.17) is 4.74 Å². The van der Waals surface area contributed by atoms with Crippen molar-refractivity contribution in [2.75, 3.05) is 7.11 Å². The second-order valence-electron chi connectivity index (χ2n) is 7.80. The Kier molecular flexibility index (Phi) is 4.11. The van der Waals surface area contributed by atoms with Crippen molar-refractivity contribution in [1.29, 1.82) is 0 Å². The van der Waals surface area contributed by atoms with Gasteiger partial charge in [0.05, 0.1) is 17.6 Å². The van der Waals surface area contributed by atoms with E-state index in [0.717, 1.165) is 0 Å². The van der Waals surface area contributed by atoms with Crippen LogP contribution in [-0.4, -0.2) is 57.7 Å². The zero-order valence-electron chi connectivity index (χ0n) is 14.2. The third-order valence-corrected chi connectivity index (χ3v) is 7.30. The Bertz CT molecular complexity index is 602. The summed E-state index contributed by atoms with van der Waals surface area (Å²) in [6, 6.07) is 0. The monoisotopic (exact) mass is 356 g/mol. The van der Waals surface area contributed by atoms with Crippen molar-refractivity contribution in [2.24, 2.45) is 34.5 Å². The van der Waals surface area contributed by atoms with Gasteiger partial charge < -0.3 is 25.2 Å². The van der Waals surface area contributed by atoms with E-state index in [1.165, 1.54) is 7.11 Å². The Morgan fingerprint density at radius 2 is 1.68 bits per heavy atom. The van der Waals surface area contributed by atoms with Gasteiger partial charge in [0.15, 0.2) is 5.41 Å². The molecule has 0 aromatic rings. The van der Waals surface area contributed by atoms with Crippen molar-refractivity contribution < 1.29 is 39.5 Å². The Morgan fingerprint density at radius 3 is 2.16 bits per heavy atom. The molecule has 3 aliphatic carbocycles. The van der Waals surface area contributed by atoms with Crippen molar-refractivity contribution >= 4 is 17.9 Å². The molecule has 0 aliphatic heterocycles. The number of aliphatic hydroxyl groups excluding tert-OH is 1. The predicted octanol–water partition coefficient (Wildman–Crippen LogP) is 0.675. The molecule has 0 unspecified atom stereocenters.